The molecule has 0 aromatic heterocycles. The molecule has 0 aliphatic heterocycles. The molecule has 6 nitrogen and oxygen atoms in total. The molecule has 0 fully saturated rings. The highest BCUT2D eigenvalue weighted by Crippen LogP contribution is 2.23. The van der Waals surface area contributed by atoms with Gasteiger partial charge in [-0.3, -0.25) is 9.59 Å². The molecular formula is C27H36Cl2N2O4. The third-order valence-corrected chi connectivity index (χ3v) is 5.88. The van der Waals surface area contributed by atoms with Crippen LogP contribution >= 0.6 is 23.2 Å². The minimum atomic E-state index is -0.265. The summed E-state index contributed by atoms with van der Waals surface area (Å²) in [7, 11) is 0. The van der Waals surface area contributed by atoms with Crippen molar-refractivity contribution in [2.45, 2.75) is 53.4 Å². The van der Waals surface area contributed by atoms with Crippen LogP contribution in [0, 0.1) is 19.3 Å². The Bertz CT molecular complexity index is 918. The Labute approximate surface area is 218 Å². The molecular weight excluding hydrogens is 487 g/mol. The van der Waals surface area contributed by atoms with Crippen LogP contribution in [-0.4, -0.2) is 38.1 Å². The molecule has 0 spiro atoms. The van der Waals surface area contributed by atoms with Gasteiger partial charge in [0.1, 0.15) is 11.5 Å². The van der Waals surface area contributed by atoms with Gasteiger partial charge in [-0.05, 0) is 79.6 Å². The summed E-state index contributed by atoms with van der Waals surface area (Å²) in [6.07, 6.45) is 1.98. The summed E-state index contributed by atoms with van der Waals surface area (Å²) in [5, 5.41) is 7.25. The molecule has 2 amide bonds. The van der Waals surface area contributed by atoms with E-state index in [0.717, 1.165) is 22.6 Å². The van der Waals surface area contributed by atoms with Crippen LogP contribution in [0.25, 0.3) is 0 Å². The van der Waals surface area contributed by atoms with E-state index in [-0.39, 0.29) is 17.2 Å². The van der Waals surface area contributed by atoms with Crippen LogP contribution in [0.4, 0.5) is 0 Å². The van der Waals surface area contributed by atoms with E-state index in [4.69, 9.17) is 32.7 Å². The zero-order chi connectivity index (χ0) is 25.8. The summed E-state index contributed by atoms with van der Waals surface area (Å²) in [6.45, 7) is 9.74. The summed E-state index contributed by atoms with van der Waals surface area (Å²) in [4.78, 5) is 24.4. The number of benzene rings is 2. The minimum absolute atomic E-state index is 0.0320. The van der Waals surface area contributed by atoms with E-state index in [1.165, 1.54) is 0 Å². The fraction of sp³-hybridized carbons (Fsp3) is 0.481. The van der Waals surface area contributed by atoms with Crippen molar-refractivity contribution < 1.29 is 19.1 Å². The van der Waals surface area contributed by atoms with Crippen LogP contribution in [0.15, 0.2) is 36.4 Å². The predicted octanol–water partition coefficient (Wildman–Crippen LogP) is 5.89. The van der Waals surface area contributed by atoms with Crippen molar-refractivity contribution in [2.24, 2.45) is 5.41 Å². The number of aryl methyl sites for hydroxylation is 2. The Hall–Kier alpha value is -2.44. The average Bonchev–Trinajstić information content (AvgIpc) is 2.79. The molecule has 0 radical (unpaired) electrons. The van der Waals surface area contributed by atoms with E-state index in [2.05, 4.69) is 10.6 Å². The van der Waals surface area contributed by atoms with E-state index in [9.17, 15) is 9.59 Å². The van der Waals surface area contributed by atoms with E-state index in [0.29, 0.717) is 62.0 Å². The van der Waals surface area contributed by atoms with Crippen molar-refractivity contribution in [3.05, 3.63) is 57.6 Å². The molecule has 2 rings (SSSR count). The summed E-state index contributed by atoms with van der Waals surface area (Å²) in [5.74, 6) is 1.49. The summed E-state index contributed by atoms with van der Waals surface area (Å²) in [5.41, 5.74) is 1.67. The van der Waals surface area contributed by atoms with Crippen molar-refractivity contribution in [3.63, 3.8) is 0 Å². The third kappa shape index (κ3) is 11.2. The van der Waals surface area contributed by atoms with Gasteiger partial charge in [0.2, 0.25) is 11.8 Å². The van der Waals surface area contributed by atoms with Gasteiger partial charge in [0.25, 0.3) is 0 Å². The van der Waals surface area contributed by atoms with Crippen LogP contribution < -0.4 is 20.1 Å². The normalized spacial score (nSPS) is 11.1. The van der Waals surface area contributed by atoms with Gasteiger partial charge in [-0.25, -0.2) is 0 Å². The molecule has 192 valence electrons. The first-order chi connectivity index (χ1) is 16.6. The zero-order valence-electron chi connectivity index (χ0n) is 21.0. The lowest BCUT2D eigenvalue weighted by Gasteiger charge is -2.25. The highest BCUT2D eigenvalue weighted by Gasteiger charge is 2.20. The van der Waals surface area contributed by atoms with Crippen molar-refractivity contribution in [1.29, 1.82) is 0 Å². The second-order valence-corrected chi connectivity index (χ2v) is 10.3. The van der Waals surface area contributed by atoms with Crippen molar-refractivity contribution >= 4 is 35.0 Å². The quantitative estimate of drug-likeness (QED) is 0.303. The molecule has 8 heteroatoms. The largest absolute Gasteiger partial charge is 0.493 e. The Morgan fingerprint density at radius 2 is 1.17 bits per heavy atom. The molecule has 2 N–H and O–H groups in total. The molecule has 0 atom stereocenters. The van der Waals surface area contributed by atoms with Gasteiger partial charge < -0.3 is 20.1 Å². The summed E-state index contributed by atoms with van der Waals surface area (Å²) < 4.78 is 11.5. The standard InChI is InChI=1S/C27H36Cl2N2O4/c1-19-15-21(28)9-11-23(19)34-13-5-7-25(32)30-17-27(3,4)18-31-26(33)8-6-14-35-24-12-10-22(29)16-20(24)2/h9-12,15-16H,5-8,13-14,17-18H2,1-4H3,(H,30,32)(H,31,33). The number of rotatable bonds is 14. The average molecular weight is 524 g/mol. The van der Waals surface area contributed by atoms with Gasteiger partial charge in [0.15, 0.2) is 0 Å². The predicted molar refractivity (Wildman–Crippen MR) is 142 cm³/mol. The number of hydrogen-bond donors (Lipinski definition) is 2. The van der Waals surface area contributed by atoms with Gasteiger partial charge in [0.05, 0.1) is 13.2 Å². The van der Waals surface area contributed by atoms with Crippen molar-refractivity contribution in [1.82, 2.24) is 10.6 Å². The number of amides is 2. The molecule has 2 aromatic rings. The number of hydrogen-bond acceptors (Lipinski definition) is 4. The molecule has 35 heavy (non-hydrogen) atoms. The molecule has 0 unspecified atom stereocenters. The van der Waals surface area contributed by atoms with Crippen molar-refractivity contribution in [3.8, 4) is 11.5 Å². The van der Waals surface area contributed by atoms with Gasteiger partial charge >= 0.3 is 0 Å². The number of carbonyl (C=O) groups is 2. The topological polar surface area (TPSA) is 76.7 Å². The molecule has 0 heterocycles. The monoisotopic (exact) mass is 522 g/mol. The molecule has 0 bridgehead atoms. The molecule has 0 saturated heterocycles. The van der Waals surface area contributed by atoms with Gasteiger partial charge in [-0.1, -0.05) is 37.0 Å². The van der Waals surface area contributed by atoms with Gasteiger partial charge in [-0.2, -0.15) is 0 Å². The van der Waals surface area contributed by atoms with E-state index < -0.39 is 0 Å². The first-order valence-electron chi connectivity index (χ1n) is 11.9. The molecule has 2 aromatic carbocycles. The number of halogens is 2. The maximum Gasteiger partial charge on any atom is 0.220 e. The Morgan fingerprint density at radius 1 is 0.771 bits per heavy atom. The summed E-state index contributed by atoms with van der Waals surface area (Å²) >= 11 is 11.9. The zero-order valence-corrected chi connectivity index (χ0v) is 22.5. The molecule has 0 aliphatic carbocycles. The lowest BCUT2D eigenvalue weighted by Crippen LogP contribution is -2.42. The van der Waals surface area contributed by atoms with E-state index in [1.807, 2.05) is 52.0 Å². The maximum absolute atomic E-state index is 12.2. The van der Waals surface area contributed by atoms with Crippen LogP contribution in [0.1, 0.15) is 50.7 Å². The third-order valence-electron chi connectivity index (χ3n) is 5.41. The van der Waals surface area contributed by atoms with Gasteiger partial charge in [0, 0.05) is 36.0 Å². The second kappa shape index (κ2) is 14.2. The highest BCUT2D eigenvalue weighted by molar-refractivity contribution is 6.31. The maximum atomic E-state index is 12.2. The van der Waals surface area contributed by atoms with Crippen LogP contribution in [0.2, 0.25) is 10.0 Å². The van der Waals surface area contributed by atoms with Crippen molar-refractivity contribution in [2.75, 3.05) is 26.3 Å². The first-order valence-corrected chi connectivity index (χ1v) is 12.6. The minimum Gasteiger partial charge on any atom is -0.493 e. The Kier molecular flexibility index (Phi) is 11.7. The highest BCUT2D eigenvalue weighted by atomic mass is 35.5. The van der Waals surface area contributed by atoms with Crippen LogP contribution in [0.5, 0.6) is 11.5 Å². The molecule has 0 aliphatic rings. The Balaban J connectivity index is 1.56. The van der Waals surface area contributed by atoms with Gasteiger partial charge in [-0.15, -0.1) is 0 Å². The van der Waals surface area contributed by atoms with E-state index in [1.54, 1.807) is 12.1 Å². The Morgan fingerprint density at radius 3 is 1.54 bits per heavy atom. The first kappa shape index (κ1) is 28.8. The number of nitrogens with one attached hydrogen (secondary N) is 2. The number of carbonyl (C=O) groups excluding carboxylic acids is 2. The lowest BCUT2D eigenvalue weighted by molar-refractivity contribution is -0.121. The van der Waals surface area contributed by atoms with Crippen LogP contribution in [0.3, 0.4) is 0 Å². The smallest absolute Gasteiger partial charge is 0.220 e. The fourth-order valence-electron chi connectivity index (χ4n) is 3.29. The van der Waals surface area contributed by atoms with E-state index >= 15 is 0 Å². The SMILES string of the molecule is Cc1cc(Cl)ccc1OCCCC(=O)NCC(C)(C)CNC(=O)CCCOc1ccc(Cl)cc1C. The number of ether oxygens (including phenoxy) is 2. The molecule has 0 saturated carbocycles. The van der Waals surface area contributed by atoms with Crippen LogP contribution in [-0.2, 0) is 9.59 Å². The fourth-order valence-corrected chi connectivity index (χ4v) is 3.75. The second-order valence-electron chi connectivity index (χ2n) is 9.44. The lowest BCUT2D eigenvalue weighted by atomic mass is 9.93. The summed E-state index contributed by atoms with van der Waals surface area (Å²) in [6, 6.07) is 10.9.